The van der Waals surface area contributed by atoms with E-state index in [2.05, 4.69) is 10.3 Å². The molecule has 2 aliphatic heterocycles. The summed E-state index contributed by atoms with van der Waals surface area (Å²) in [4.78, 5) is 31.3. The predicted molar refractivity (Wildman–Crippen MR) is 118 cm³/mol. The van der Waals surface area contributed by atoms with Crippen LogP contribution >= 0.6 is 12.2 Å². The zero-order valence-electron chi connectivity index (χ0n) is 17.2. The summed E-state index contributed by atoms with van der Waals surface area (Å²) in [6.07, 6.45) is 3.41. The van der Waals surface area contributed by atoms with Crippen LogP contribution in [0.15, 0.2) is 69.5 Å². The fourth-order valence-corrected chi connectivity index (χ4v) is 3.93. The second-order valence-electron chi connectivity index (χ2n) is 7.56. The van der Waals surface area contributed by atoms with Crippen molar-refractivity contribution in [1.82, 2.24) is 10.2 Å². The van der Waals surface area contributed by atoms with Crippen molar-refractivity contribution in [3.63, 3.8) is 0 Å². The second kappa shape index (κ2) is 8.08. The van der Waals surface area contributed by atoms with Crippen molar-refractivity contribution in [3.8, 4) is 0 Å². The molecule has 2 amide bonds. The molecule has 5 rings (SSSR count). The lowest BCUT2D eigenvalue weighted by molar-refractivity contribution is -0.129. The van der Waals surface area contributed by atoms with Crippen LogP contribution in [0.2, 0.25) is 0 Å². The molecule has 1 atom stereocenters. The number of hydrogen-bond donors (Lipinski definition) is 1. The van der Waals surface area contributed by atoms with Gasteiger partial charge in [-0.1, -0.05) is 12.1 Å². The number of allylic oxidation sites excluding steroid dienone is 1. The zero-order chi connectivity index (χ0) is 22.2. The second-order valence-corrected chi connectivity index (χ2v) is 7.92. The molecule has 2 aromatic rings. The van der Waals surface area contributed by atoms with Gasteiger partial charge in [0.1, 0.15) is 17.4 Å². The van der Waals surface area contributed by atoms with Crippen molar-refractivity contribution in [2.75, 3.05) is 6.79 Å². The van der Waals surface area contributed by atoms with Crippen molar-refractivity contribution in [3.05, 3.63) is 82.7 Å². The molecule has 1 saturated heterocycles. The van der Waals surface area contributed by atoms with Crippen molar-refractivity contribution in [1.29, 1.82) is 0 Å². The number of rotatable bonds is 5. The van der Waals surface area contributed by atoms with Crippen molar-refractivity contribution < 1.29 is 23.5 Å². The predicted octanol–water partition coefficient (Wildman–Crippen LogP) is 2.99. The number of thiocarbonyl (C=S) groups is 1. The number of carbonyl (C=O) groups excluding carboxylic acids is 2. The average molecular weight is 449 g/mol. The van der Waals surface area contributed by atoms with Crippen molar-refractivity contribution in [2.45, 2.75) is 20.0 Å². The molecular weight excluding hydrogens is 430 g/mol. The van der Waals surface area contributed by atoms with Crippen LogP contribution in [0.3, 0.4) is 0 Å². The van der Waals surface area contributed by atoms with E-state index in [0.717, 1.165) is 11.3 Å². The smallest absolute Gasteiger partial charge is 0.251 e. The molecule has 162 valence electrons. The van der Waals surface area contributed by atoms with Gasteiger partial charge in [0, 0.05) is 11.6 Å². The molecule has 3 heterocycles. The Morgan fingerprint density at radius 2 is 1.97 bits per heavy atom. The SMILES string of the molecule is Cc1ccc(CNC(=O)c2ccc(CN3C(=O)C4C=C5OCOC5=CC4=NC3=S)cc2)o1. The molecule has 0 bridgehead atoms. The maximum absolute atomic E-state index is 13.1. The Labute approximate surface area is 189 Å². The highest BCUT2D eigenvalue weighted by Crippen LogP contribution is 2.31. The van der Waals surface area contributed by atoms with Gasteiger partial charge in [-0.05, 0) is 55.0 Å². The van der Waals surface area contributed by atoms with Crippen molar-refractivity contribution in [2.24, 2.45) is 10.9 Å². The van der Waals surface area contributed by atoms with Gasteiger partial charge in [0.05, 0.1) is 18.8 Å². The molecule has 1 aromatic carbocycles. The van der Waals surface area contributed by atoms with Gasteiger partial charge in [-0.3, -0.25) is 14.5 Å². The van der Waals surface area contributed by atoms with Gasteiger partial charge >= 0.3 is 0 Å². The molecule has 1 fully saturated rings. The number of carbonyl (C=O) groups is 2. The first-order chi connectivity index (χ1) is 15.5. The van der Waals surface area contributed by atoms with E-state index in [4.69, 9.17) is 26.1 Å². The van der Waals surface area contributed by atoms with Crippen LogP contribution in [0.25, 0.3) is 0 Å². The fraction of sp³-hybridized carbons (Fsp3) is 0.217. The summed E-state index contributed by atoms with van der Waals surface area (Å²) >= 11 is 5.36. The van der Waals surface area contributed by atoms with E-state index in [0.29, 0.717) is 35.1 Å². The number of hydrogen-bond acceptors (Lipinski definition) is 6. The minimum atomic E-state index is -0.558. The van der Waals surface area contributed by atoms with Gasteiger partial charge in [-0.25, -0.2) is 4.99 Å². The minimum Gasteiger partial charge on any atom is -0.465 e. The molecular formula is C23H19N3O5S. The number of nitrogens with one attached hydrogen (secondary N) is 1. The van der Waals surface area contributed by atoms with Gasteiger partial charge in [0.15, 0.2) is 11.5 Å². The van der Waals surface area contributed by atoms with Crippen LogP contribution < -0.4 is 5.32 Å². The largest absolute Gasteiger partial charge is 0.465 e. The van der Waals surface area contributed by atoms with Crippen LogP contribution in [0.5, 0.6) is 0 Å². The van der Waals surface area contributed by atoms with E-state index in [1.165, 1.54) is 4.90 Å². The number of ether oxygens (including phenoxy) is 2. The highest BCUT2D eigenvalue weighted by Gasteiger charge is 2.38. The van der Waals surface area contributed by atoms with Crippen LogP contribution in [0, 0.1) is 12.8 Å². The normalized spacial score (nSPS) is 19.2. The molecule has 1 N–H and O–H groups in total. The lowest BCUT2D eigenvalue weighted by atomic mass is 9.93. The van der Waals surface area contributed by atoms with E-state index in [1.54, 1.807) is 36.4 Å². The summed E-state index contributed by atoms with van der Waals surface area (Å²) in [5.74, 6) is 1.67. The summed E-state index contributed by atoms with van der Waals surface area (Å²) in [6.45, 7) is 2.55. The minimum absolute atomic E-state index is 0.126. The van der Waals surface area contributed by atoms with Gasteiger partial charge < -0.3 is 19.2 Å². The molecule has 32 heavy (non-hydrogen) atoms. The van der Waals surface area contributed by atoms with Crippen LogP contribution in [0.1, 0.15) is 27.4 Å². The van der Waals surface area contributed by atoms with Crippen LogP contribution in [0.4, 0.5) is 0 Å². The highest BCUT2D eigenvalue weighted by molar-refractivity contribution is 7.80. The number of aliphatic imine (C=N–C) groups is 1. The Balaban J connectivity index is 1.25. The average Bonchev–Trinajstić information content (AvgIpc) is 3.42. The molecule has 1 aliphatic carbocycles. The third-order valence-electron chi connectivity index (χ3n) is 5.35. The Bertz CT molecular complexity index is 1210. The number of furan rings is 1. The summed E-state index contributed by atoms with van der Waals surface area (Å²) in [6, 6.07) is 10.7. The summed E-state index contributed by atoms with van der Waals surface area (Å²) in [5.41, 5.74) is 1.90. The van der Waals surface area contributed by atoms with E-state index in [-0.39, 0.29) is 30.3 Å². The first kappa shape index (κ1) is 20.2. The van der Waals surface area contributed by atoms with Gasteiger partial charge in [-0.2, -0.15) is 0 Å². The van der Waals surface area contributed by atoms with E-state index in [9.17, 15) is 9.59 Å². The first-order valence-electron chi connectivity index (χ1n) is 10.0. The van der Waals surface area contributed by atoms with Gasteiger partial charge in [0.25, 0.3) is 5.91 Å². The fourth-order valence-electron chi connectivity index (χ4n) is 3.67. The number of benzene rings is 1. The van der Waals surface area contributed by atoms with Crippen molar-refractivity contribution >= 4 is 34.9 Å². The maximum Gasteiger partial charge on any atom is 0.251 e. The van der Waals surface area contributed by atoms with Gasteiger partial charge in [-0.15, -0.1) is 0 Å². The molecule has 0 radical (unpaired) electrons. The van der Waals surface area contributed by atoms with Crippen LogP contribution in [-0.2, 0) is 27.4 Å². The monoisotopic (exact) mass is 449 g/mol. The third-order valence-corrected chi connectivity index (χ3v) is 5.66. The summed E-state index contributed by atoms with van der Waals surface area (Å²) < 4.78 is 16.2. The Kier molecular flexibility index (Phi) is 5.10. The highest BCUT2D eigenvalue weighted by atomic mass is 32.1. The number of aryl methyl sites for hydroxylation is 1. The number of fused-ring (bicyclic) bond motifs is 2. The summed E-state index contributed by atoms with van der Waals surface area (Å²) in [7, 11) is 0. The number of nitrogens with zero attached hydrogens (tertiary/aromatic N) is 2. The zero-order valence-corrected chi connectivity index (χ0v) is 18.0. The lowest BCUT2D eigenvalue weighted by Crippen LogP contribution is -2.45. The molecule has 8 nitrogen and oxygen atoms in total. The molecule has 0 spiro atoms. The lowest BCUT2D eigenvalue weighted by Gasteiger charge is -2.30. The third kappa shape index (κ3) is 3.82. The first-order valence-corrected chi connectivity index (χ1v) is 10.4. The topological polar surface area (TPSA) is 93.4 Å². The van der Waals surface area contributed by atoms with E-state index >= 15 is 0 Å². The van der Waals surface area contributed by atoms with Crippen LogP contribution in [-0.4, -0.2) is 34.3 Å². The van der Waals surface area contributed by atoms with Gasteiger partial charge in [0.2, 0.25) is 17.8 Å². The summed E-state index contributed by atoms with van der Waals surface area (Å²) in [5, 5.41) is 3.02. The Hall–Kier alpha value is -3.72. The quantitative estimate of drug-likeness (QED) is 0.706. The standard InChI is InChI=1S/C23H19N3O5S/c1-13-2-7-16(31-13)10-24-21(27)15-5-3-14(4-6-15)11-26-22(28)17-8-19-20(30-12-29-19)9-18(17)25-23(26)32/h2-9,17H,10-12H2,1H3,(H,24,27). The molecule has 0 saturated carbocycles. The molecule has 1 aromatic heterocycles. The van der Waals surface area contributed by atoms with E-state index < -0.39 is 5.92 Å². The Morgan fingerprint density at radius 3 is 2.72 bits per heavy atom. The maximum atomic E-state index is 13.1. The molecule has 3 aliphatic rings. The number of amides is 2. The Morgan fingerprint density at radius 1 is 1.19 bits per heavy atom. The molecule has 9 heteroatoms. The van der Waals surface area contributed by atoms with E-state index in [1.807, 2.05) is 19.1 Å². The molecule has 1 unspecified atom stereocenters.